The van der Waals surface area contributed by atoms with Gasteiger partial charge < -0.3 is 5.32 Å². The molecule has 2 N–H and O–H groups in total. The number of rotatable bonds is 7. The third-order valence-electron chi connectivity index (χ3n) is 5.47. The van der Waals surface area contributed by atoms with Gasteiger partial charge in [0, 0.05) is 9.61 Å². The van der Waals surface area contributed by atoms with Crippen molar-refractivity contribution in [3.8, 4) is 0 Å². The normalized spacial score (nSPS) is 17.0. The maximum absolute atomic E-state index is 13.1. The Morgan fingerprint density at radius 2 is 1.53 bits per heavy atom. The lowest BCUT2D eigenvalue weighted by molar-refractivity contribution is -0.123. The molecular weight excluding hydrogens is 511 g/mol. The topological polar surface area (TPSA) is 75.3 Å². The average Bonchev–Trinajstić information content (AvgIpc) is 2.70. The van der Waals surface area contributed by atoms with E-state index in [2.05, 4.69) is 32.6 Å². The molecule has 5 nitrogen and oxygen atoms in total. The molecular formula is C23H29IN2O3S. The molecule has 1 amide bonds. The Hall–Kier alpha value is -1.45. The van der Waals surface area contributed by atoms with Crippen LogP contribution in [0.25, 0.3) is 0 Å². The molecule has 0 radical (unpaired) electrons. The fourth-order valence-corrected chi connectivity index (χ4v) is 5.36. The van der Waals surface area contributed by atoms with Crippen LogP contribution in [0.3, 0.4) is 0 Å². The molecule has 1 saturated carbocycles. The summed E-state index contributed by atoms with van der Waals surface area (Å²) in [5, 5.41) is 3.12. The first-order chi connectivity index (χ1) is 14.4. The minimum atomic E-state index is -3.81. The van der Waals surface area contributed by atoms with Crippen LogP contribution >= 0.6 is 22.6 Å². The Morgan fingerprint density at radius 3 is 2.17 bits per heavy atom. The Balaban J connectivity index is 1.76. The van der Waals surface area contributed by atoms with Gasteiger partial charge in [0.05, 0.1) is 4.90 Å². The van der Waals surface area contributed by atoms with Crippen molar-refractivity contribution in [3.63, 3.8) is 0 Å². The lowest BCUT2D eigenvalue weighted by Crippen LogP contribution is -2.50. The third-order valence-corrected chi connectivity index (χ3v) is 7.68. The van der Waals surface area contributed by atoms with Gasteiger partial charge in [-0.05, 0) is 71.7 Å². The summed E-state index contributed by atoms with van der Waals surface area (Å²) in [5.41, 5.74) is 0.917. The van der Waals surface area contributed by atoms with Crippen LogP contribution in [0.1, 0.15) is 50.5 Å². The van der Waals surface area contributed by atoms with Gasteiger partial charge in [-0.2, -0.15) is 4.72 Å². The van der Waals surface area contributed by atoms with Crippen LogP contribution in [-0.4, -0.2) is 26.4 Å². The van der Waals surface area contributed by atoms with Crippen molar-refractivity contribution >= 4 is 38.5 Å². The van der Waals surface area contributed by atoms with Crippen molar-refractivity contribution < 1.29 is 13.2 Å². The quantitative estimate of drug-likeness (QED) is 0.511. The number of halogens is 1. The van der Waals surface area contributed by atoms with E-state index >= 15 is 0 Å². The second-order valence-electron chi connectivity index (χ2n) is 7.87. The highest BCUT2D eigenvalue weighted by Crippen LogP contribution is 2.18. The number of amides is 1. The van der Waals surface area contributed by atoms with Crippen LogP contribution < -0.4 is 10.0 Å². The Labute approximate surface area is 193 Å². The summed E-state index contributed by atoms with van der Waals surface area (Å²) in [6, 6.07) is 15.4. The largest absolute Gasteiger partial charge is 0.352 e. The van der Waals surface area contributed by atoms with Crippen molar-refractivity contribution in [1.82, 2.24) is 10.0 Å². The standard InChI is InChI=1S/C23H29IN2O3S/c24-19-13-15-21(16-14-19)30(28,29)26-22(17-18-9-5-4-6-10-18)23(27)25-20-11-7-2-1-3-8-12-20/h4-6,9-10,13-16,20,22,26H,1-3,7-8,11-12,17H2,(H,25,27)/t22-/m0/s1. The molecule has 0 saturated heterocycles. The monoisotopic (exact) mass is 540 g/mol. The van der Waals surface area contributed by atoms with Crippen molar-refractivity contribution in [2.75, 3.05) is 0 Å². The summed E-state index contributed by atoms with van der Waals surface area (Å²) in [5.74, 6) is -0.251. The highest BCUT2D eigenvalue weighted by Gasteiger charge is 2.27. The van der Waals surface area contributed by atoms with Crippen LogP contribution in [0.4, 0.5) is 0 Å². The van der Waals surface area contributed by atoms with Crippen LogP contribution in [0.2, 0.25) is 0 Å². The molecule has 0 heterocycles. The lowest BCUT2D eigenvalue weighted by atomic mass is 9.96. The Kier molecular flexibility index (Phi) is 8.71. The molecule has 30 heavy (non-hydrogen) atoms. The zero-order chi connectivity index (χ0) is 21.4. The molecule has 1 aliphatic carbocycles. The van der Waals surface area contributed by atoms with Gasteiger partial charge in [-0.1, -0.05) is 62.4 Å². The van der Waals surface area contributed by atoms with E-state index in [1.165, 1.54) is 19.3 Å². The van der Waals surface area contributed by atoms with Gasteiger partial charge in [-0.15, -0.1) is 0 Å². The van der Waals surface area contributed by atoms with Gasteiger partial charge in [0.25, 0.3) is 0 Å². The Morgan fingerprint density at radius 1 is 0.933 bits per heavy atom. The number of benzene rings is 2. The predicted molar refractivity (Wildman–Crippen MR) is 128 cm³/mol. The van der Waals surface area contributed by atoms with Crippen LogP contribution in [0.15, 0.2) is 59.5 Å². The van der Waals surface area contributed by atoms with Gasteiger partial charge in [0.15, 0.2) is 0 Å². The SMILES string of the molecule is O=C(NC1CCCCCCC1)[C@H](Cc1ccccc1)NS(=O)(=O)c1ccc(I)cc1. The molecule has 0 bridgehead atoms. The smallest absolute Gasteiger partial charge is 0.241 e. The van der Waals surface area contributed by atoms with Crippen molar-refractivity contribution in [1.29, 1.82) is 0 Å². The molecule has 0 aromatic heterocycles. The zero-order valence-corrected chi connectivity index (χ0v) is 20.0. The fourth-order valence-electron chi connectivity index (χ4n) is 3.81. The van der Waals surface area contributed by atoms with Crippen LogP contribution in [-0.2, 0) is 21.2 Å². The summed E-state index contributed by atoms with van der Waals surface area (Å²) in [6.07, 6.45) is 8.06. The molecule has 1 aliphatic rings. The first-order valence-electron chi connectivity index (χ1n) is 10.6. The second-order valence-corrected chi connectivity index (χ2v) is 10.8. The molecule has 1 fully saturated rings. The number of carbonyl (C=O) groups excluding carboxylic acids is 1. The van der Waals surface area contributed by atoms with Gasteiger partial charge in [0.2, 0.25) is 15.9 Å². The molecule has 2 aromatic rings. The van der Waals surface area contributed by atoms with Gasteiger partial charge in [0.1, 0.15) is 6.04 Å². The third kappa shape index (κ3) is 7.06. The van der Waals surface area contributed by atoms with E-state index in [1.54, 1.807) is 24.3 Å². The molecule has 1 atom stereocenters. The highest BCUT2D eigenvalue weighted by molar-refractivity contribution is 14.1. The highest BCUT2D eigenvalue weighted by atomic mass is 127. The average molecular weight is 540 g/mol. The van der Waals surface area contributed by atoms with E-state index in [9.17, 15) is 13.2 Å². The number of carbonyl (C=O) groups is 1. The van der Waals surface area contributed by atoms with Gasteiger partial charge >= 0.3 is 0 Å². The minimum absolute atomic E-state index is 0.110. The number of hydrogen-bond acceptors (Lipinski definition) is 3. The van der Waals surface area contributed by atoms with Gasteiger partial charge in [-0.25, -0.2) is 8.42 Å². The van der Waals surface area contributed by atoms with Crippen molar-refractivity contribution in [2.45, 2.75) is 68.3 Å². The summed E-state index contributed by atoms with van der Waals surface area (Å²) in [7, 11) is -3.81. The number of nitrogens with one attached hydrogen (secondary N) is 2. The zero-order valence-electron chi connectivity index (χ0n) is 17.0. The van der Waals surface area contributed by atoms with E-state index in [0.717, 1.165) is 34.8 Å². The van der Waals surface area contributed by atoms with Crippen LogP contribution in [0.5, 0.6) is 0 Å². The molecule has 162 valence electrons. The van der Waals surface area contributed by atoms with E-state index in [0.29, 0.717) is 6.42 Å². The molecule has 2 aromatic carbocycles. The maximum atomic E-state index is 13.1. The van der Waals surface area contributed by atoms with E-state index in [1.807, 2.05) is 30.3 Å². The first kappa shape index (κ1) is 23.2. The Bertz CT molecular complexity index is 909. The van der Waals surface area contributed by atoms with Gasteiger partial charge in [-0.3, -0.25) is 4.79 Å². The molecule has 0 unspecified atom stereocenters. The summed E-state index contributed by atoms with van der Waals surface area (Å²) in [6.45, 7) is 0. The molecule has 0 spiro atoms. The molecule has 3 rings (SSSR count). The maximum Gasteiger partial charge on any atom is 0.241 e. The van der Waals surface area contributed by atoms with Crippen molar-refractivity contribution in [2.24, 2.45) is 0 Å². The minimum Gasteiger partial charge on any atom is -0.352 e. The van der Waals surface area contributed by atoms with E-state index in [-0.39, 0.29) is 16.8 Å². The lowest BCUT2D eigenvalue weighted by Gasteiger charge is -2.25. The first-order valence-corrected chi connectivity index (χ1v) is 13.1. The van der Waals surface area contributed by atoms with E-state index < -0.39 is 16.1 Å². The summed E-state index contributed by atoms with van der Waals surface area (Å²) in [4.78, 5) is 13.3. The summed E-state index contributed by atoms with van der Waals surface area (Å²) >= 11 is 2.13. The van der Waals surface area contributed by atoms with Crippen LogP contribution in [0, 0.1) is 3.57 Å². The fraction of sp³-hybridized carbons (Fsp3) is 0.435. The van der Waals surface area contributed by atoms with Crippen molar-refractivity contribution in [3.05, 3.63) is 63.7 Å². The predicted octanol–water partition coefficient (Wildman–Crippen LogP) is 4.41. The summed E-state index contributed by atoms with van der Waals surface area (Å²) < 4.78 is 29.5. The van der Waals surface area contributed by atoms with E-state index in [4.69, 9.17) is 0 Å². The molecule has 0 aliphatic heterocycles. The molecule has 7 heteroatoms. The number of hydrogen-bond donors (Lipinski definition) is 2. The second kappa shape index (κ2) is 11.2. The number of sulfonamides is 1.